The monoisotopic (exact) mass is 332 g/mol. The van der Waals surface area contributed by atoms with Crippen molar-refractivity contribution >= 4 is 11.9 Å². The Kier molecular flexibility index (Phi) is 6.41. The van der Waals surface area contributed by atoms with Crippen molar-refractivity contribution in [1.29, 1.82) is 0 Å². The SMILES string of the molecule is CC(C)(C)OC(=O)C[C@@H](OC(=O)C1CCCCC1)c1ccccc1. The number of carbonyl (C=O) groups is 2. The number of benzene rings is 1. The van der Waals surface area contributed by atoms with E-state index in [1.165, 1.54) is 6.42 Å². The van der Waals surface area contributed by atoms with Crippen LogP contribution in [0.2, 0.25) is 0 Å². The predicted molar refractivity (Wildman–Crippen MR) is 92.3 cm³/mol. The van der Waals surface area contributed by atoms with Gasteiger partial charge in [-0.1, -0.05) is 49.6 Å². The van der Waals surface area contributed by atoms with Crippen molar-refractivity contribution in [2.45, 2.75) is 71.0 Å². The van der Waals surface area contributed by atoms with Crippen LogP contribution in [0.1, 0.15) is 71.0 Å². The van der Waals surface area contributed by atoms with Crippen LogP contribution >= 0.6 is 0 Å². The summed E-state index contributed by atoms with van der Waals surface area (Å²) in [6.45, 7) is 5.49. The summed E-state index contributed by atoms with van der Waals surface area (Å²) in [5, 5.41) is 0. The molecule has 0 heterocycles. The maximum Gasteiger partial charge on any atom is 0.310 e. The second kappa shape index (κ2) is 8.32. The third kappa shape index (κ3) is 5.99. The van der Waals surface area contributed by atoms with E-state index in [1.54, 1.807) is 0 Å². The fourth-order valence-electron chi connectivity index (χ4n) is 3.00. The van der Waals surface area contributed by atoms with E-state index in [1.807, 2.05) is 51.1 Å². The van der Waals surface area contributed by atoms with E-state index in [2.05, 4.69) is 0 Å². The highest BCUT2D eigenvalue weighted by Crippen LogP contribution is 2.29. The Labute approximate surface area is 144 Å². The van der Waals surface area contributed by atoms with Crippen molar-refractivity contribution in [3.8, 4) is 0 Å². The molecule has 0 amide bonds. The van der Waals surface area contributed by atoms with E-state index in [0.717, 1.165) is 31.2 Å². The van der Waals surface area contributed by atoms with Gasteiger partial charge in [-0.05, 0) is 39.2 Å². The van der Waals surface area contributed by atoms with Crippen molar-refractivity contribution in [1.82, 2.24) is 0 Å². The Morgan fingerprint density at radius 1 is 1.08 bits per heavy atom. The maximum atomic E-state index is 12.5. The van der Waals surface area contributed by atoms with Crippen molar-refractivity contribution in [2.24, 2.45) is 5.92 Å². The van der Waals surface area contributed by atoms with Gasteiger partial charge in [-0.15, -0.1) is 0 Å². The molecule has 0 radical (unpaired) electrons. The van der Waals surface area contributed by atoms with Crippen LogP contribution in [0, 0.1) is 5.92 Å². The van der Waals surface area contributed by atoms with Gasteiger partial charge in [0, 0.05) is 0 Å². The van der Waals surface area contributed by atoms with Crippen LogP contribution < -0.4 is 0 Å². The van der Waals surface area contributed by atoms with Gasteiger partial charge in [-0.25, -0.2) is 0 Å². The van der Waals surface area contributed by atoms with Gasteiger partial charge in [0.25, 0.3) is 0 Å². The molecule has 1 saturated carbocycles. The predicted octanol–water partition coefficient (Wildman–Crippen LogP) is 4.58. The summed E-state index contributed by atoms with van der Waals surface area (Å²) in [5.41, 5.74) is 0.277. The molecule has 2 rings (SSSR count). The molecule has 4 heteroatoms. The van der Waals surface area contributed by atoms with Gasteiger partial charge in [0.05, 0.1) is 12.3 Å². The Bertz CT molecular complexity index is 539. The molecule has 1 aromatic rings. The third-order valence-electron chi connectivity index (χ3n) is 4.14. The molecule has 1 aliphatic carbocycles. The van der Waals surface area contributed by atoms with Crippen molar-refractivity contribution in [3.63, 3.8) is 0 Å². The van der Waals surface area contributed by atoms with Crippen LogP contribution in [-0.4, -0.2) is 17.5 Å². The number of hydrogen-bond acceptors (Lipinski definition) is 4. The molecule has 0 unspecified atom stereocenters. The maximum absolute atomic E-state index is 12.5. The molecule has 0 saturated heterocycles. The highest BCUT2D eigenvalue weighted by atomic mass is 16.6. The molecule has 1 fully saturated rings. The largest absolute Gasteiger partial charge is 0.460 e. The summed E-state index contributed by atoms with van der Waals surface area (Å²) in [4.78, 5) is 24.7. The summed E-state index contributed by atoms with van der Waals surface area (Å²) in [6, 6.07) is 9.42. The van der Waals surface area contributed by atoms with Gasteiger partial charge in [0.15, 0.2) is 0 Å². The van der Waals surface area contributed by atoms with Crippen LogP contribution in [0.4, 0.5) is 0 Å². The summed E-state index contributed by atoms with van der Waals surface area (Å²) < 4.78 is 11.1. The summed E-state index contributed by atoms with van der Waals surface area (Å²) in [7, 11) is 0. The Balaban J connectivity index is 2.05. The second-order valence-electron chi connectivity index (χ2n) is 7.46. The molecule has 0 aromatic heterocycles. The zero-order chi connectivity index (χ0) is 17.6. The van der Waals surface area contributed by atoms with Crippen molar-refractivity contribution < 1.29 is 19.1 Å². The highest BCUT2D eigenvalue weighted by Gasteiger charge is 2.28. The number of rotatable bonds is 5. The number of ether oxygens (including phenoxy) is 2. The van der Waals surface area contributed by atoms with Gasteiger partial charge in [0.2, 0.25) is 0 Å². The summed E-state index contributed by atoms with van der Waals surface area (Å²) >= 11 is 0. The minimum Gasteiger partial charge on any atom is -0.460 e. The first-order valence-corrected chi connectivity index (χ1v) is 8.82. The van der Waals surface area contributed by atoms with Crippen LogP contribution in [0.5, 0.6) is 0 Å². The van der Waals surface area contributed by atoms with Crippen LogP contribution in [0.15, 0.2) is 30.3 Å². The van der Waals surface area contributed by atoms with Crippen molar-refractivity contribution in [3.05, 3.63) is 35.9 Å². The average Bonchev–Trinajstić information content (AvgIpc) is 2.54. The Morgan fingerprint density at radius 3 is 2.29 bits per heavy atom. The van der Waals surface area contributed by atoms with Gasteiger partial charge in [-0.2, -0.15) is 0 Å². The van der Waals surface area contributed by atoms with E-state index < -0.39 is 11.7 Å². The molecule has 1 aliphatic rings. The molecule has 0 aliphatic heterocycles. The standard InChI is InChI=1S/C20H28O4/c1-20(2,3)24-18(21)14-17(15-10-6-4-7-11-15)23-19(22)16-12-8-5-9-13-16/h4,6-7,10-11,16-17H,5,8-9,12-14H2,1-3H3/t17-/m1/s1. The highest BCUT2D eigenvalue weighted by molar-refractivity contribution is 5.75. The fraction of sp³-hybridized carbons (Fsp3) is 0.600. The zero-order valence-electron chi connectivity index (χ0n) is 14.9. The molecular formula is C20H28O4. The molecule has 24 heavy (non-hydrogen) atoms. The molecule has 0 N–H and O–H groups in total. The first-order chi connectivity index (χ1) is 11.3. The number of esters is 2. The zero-order valence-corrected chi connectivity index (χ0v) is 14.9. The van der Waals surface area contributed by atoms with Gasteiger partial charge in [0.1, 0.15) is 11.7 Å². The van der Waals surface area contributed by atoms with Crippen LogP contribution in [0.25, 0.3) is 0 Å². The lowest BCUT2D eigenvalue weighted by Gasteiger charge is -2.25. The Morgan fingerprint density at radius 2 is 1.71 bits per heavy atom. The van der Waals surface area contributed by atoms with Crippen LogP contribution in [0.3, 0.4) is 0 Å². The lowest BCUT2D eigenvalue weighted by molar-refractivity contribution is -0.164. The topological polar surface area (TPSA) is 52.6 Å². The molecular weight excluding hydrogens is 304 g/mol. The lowest BCUT2D eigenvalue weighted by Crippen LogP contribution is -2.27. The first kappa shape index (κ1) is 18.5. The smallest absolute Gasteiger partial charge is 0.310 e. The minimum atomic E-state index is -0.588. The van der Waals surface area contributed by atoms with Gasteiger partial charge in [-0.3, -0.25) is 9.59 Å². The van der Waals surface area contributed by atoms with Gasteiger partial charge < -0.3 is 9.47 Å². The molecule has 0 bridgehead atoms. The normalized spacial score (nSPS) is 17.1. The molecule has 132 valence electrons. The third-order valence-corrected chi connectivity index (χ3v) is 4.14. The fourth-order valence-corrected chi connectivity index (χ4v) is 3.00. The van der Waals surface area contributed by atoms with E-state index in [9.17, 15) is 9.59 Å². The number of hydrogen-bond donors (Lipinski definition) is 0. The summed E-state index contributed by atoms with van der Waals surface area (Å²) in [5.74, 6) is -0.580. The minimum absolute atomic E-state index is 0.0383. The Hall–Kier alpha value is -1.84. The molecule has 1 atom stereocenters. The average molecular weight is 332 g/mol. The van der Waals surface area contributed by atoms with E-state index in [4.69, 9.17) is 9.47 Å². The van der Waals surface area contributed by atoms with Crippen LogP contribution in [-0.2, 0) is 19.1 Å². The van der Waals surface area contributed by atoms with Crippen molar-refractivity contribution in [2.75, 3.05) is 0 Å². The van der Waals surface area contributed by atoms with Gasteiger partial charge >= 0.3 is 11.9 Å². The van der Waals surface area contributed by atoms with E-state index in [0.29, 0.717) is 0 Å². The van der Waals surface area contributed by atoms with E-state index >= 15 is 0 Å². The molecule has 0 spiro atoms. The van der Waals surface area contributed by atoms with E-state index in [-0.39, 0.29) is 24.3 Å². The number of carbonyl (C=O) groups excluding carboxylic acids is 2. The second-order valence-corrected chi connectivity index (χ2v) is 7.46. The molecule has 1 aromatic carbocycles. The quantitative estimate of drug-likeness (QED) is 0.740. The summed E-state index contributed by atoms with van der Waals surface area (Å²) in [6.07, 6.45) is 4.54. The lowest BCUT2D eigenvalue weighted by atomic mass is 9.89. The first-order valence-electron chi connectivity index (χ1n) is 8.82. The molecule has 4 nitrogen and oxygen atoms in total.